The molecule has 0 saturated carbocycles. The van der Waals surface area contributed by atoms with Gasteiger partial charge in [0.25, 0.3) is 0 Å². The summed E-state index contributed by atoms with van der Waals surface area (Å²) >= 11 is 0. The molecule has 0 saturated heterocycles. The van der Waals surface area contributed by atoms with Gasteiger partial charge in [-0.15, -0.1) is 0 Å². The number of rotatable bonds is 2. The van der Waals surface area contributed by atoms with Gasteiger partial charge in [0, 0.05) is 10.9 Å². The predicted molar refractivity (Wildman–Crippen MR) is 49.4 cm³/mol. The van der Waals surface area contributed by atoms with Crippen LogP contribution in [0.5, 0.6) is 0 Å². The number of hydrogen-bond donors (Lipinski definition) is 1. The molecule has 0 fully saturated rings. The van der Waals surface area contributed by atoms with E-state index in [4.69, 9.17) is 0 Å². The van der Waals surface area contributed by atoms with E-state index >= 15 is 0 Å². The van der Waals surface area contributed by atoms with Crippen molar-refractivity contribution in [2.75, 3.05) is 0 Å². The summed E-state index contributed by atoms with van der Waals surface area (Å²) in [6, 6.07) is 2.20. The Morgan fingerprint density at radius 3 is 2.62 bits per heavy atom. The Bertz CT molecular complexity index is 635. The van der Waals surface area contributed by atoms with Crippen molar-refractivity contribution in [1.82, 2.24) is 10.2 Å². The van der Waals surface area contributed by atoms with Gasteiger partial charge in [0.05, 0.1) is 16.6 Å². The first-order chi connectivity index (χ1) is 7.02. The third-order valence-electron chi connectivity index (χ3n) is 1.97. The van der Waals surface area contributed by atoms with E-state index in [9.17, 15) is 17.8 Å². The number of fused-ring (bicyclic) bond motifs is 1. The number of nitrogens with zero attached hydrogens (tertiary/aromatic N) is 1. The van der Waals surface area contributed by atoms with Crippen molar-refractivity contribution in [3.05, 3.63) is 23.9 Å². The van der Waals surface area contributed by atoms with Crippen molar-refractivity contribution in [3.8, 4) is 0 Å². The molecular formula is C8H5N2NaO4S. The van der Waals surface area contributed by atoms with Crippen molar-refractivity contribution in [2.24, 2.45) is 0 Å². The number of hydrogen-bond acceptors (Lipinski definition) is 5. The first-order valence-corrected chi connectivity index (χ1v) is 5.31. The van der Waals surface area contributed by atoms with Crippen LogP contribution in [0.1, 0.15) is 10.4 Å². The van der Waals surface area contributed by atoms with Crippen molar-refractivity contribution >= 4 is 27.3 Å². The van der Waals surface area contributed by atoms with Crippen molar-refractivity contribution < 1.29 is 47.3 Å². The number of H-pyrrole nitrogens is 1. The van der Waals surface area contributed by atoms with E-state index in [0.717, 1.165) is 6.07 Å². The van der Waals surface area contributed by atoms with Crippen LogP contribution in [0.3, 0.4) is 0 Å². The monoisotopic (exact) mass is 248 g/mol. The second kappa shape index (κ2) is 4.64. The molecule has 0 aliphatic carbocycles. The smallest absolute Gasteiger partial charge is 0.744 e. The van der Waals surface area contributed by atoms with Gasteiger partial charge in [-0.05, 0) is 12.1 Å². The number of benzene rings is 1. The van der Waals surface area contributed by atoms with Crippen molar-refractivity contribution in [1.29, 1.82) is 0 Å². The van der Waals surface area contributed by atoms with Crippen LogP contribution in [-0.4, -0.2) is 29.5 Å². The molecule has 6 nitrogen and oxygen atoms in total. The van der Waals surface area contributed by atoms with E-state index in [0.29, 0.717) is 17.2 Å². The summed E-state index contributed by atoms with van der Waals surface area (Å²) in [6.45, 7) is 0. The number of aromatic amines is 1. The largest absolute Gasteiger partial charge is 1.00 e. The molecule has 1 aromatic carbocycles. The van der Waals surface area contributed by atoms with Crippen LogP contribution in [0.15, 0.2) is 23.2 Å². The summed E-state index contributed by atoms with van der Waals surface area (Å²) in [6.07, 6.45) is 1.81. The predicted octanol–water partition coefficient (Wildman–Crippen LogP) is -2.72. The van der Waals surface area contributed by atoms with E-state index < -0.39 is 15.0 Å². The molecule has 0 amide bonds. The summed E-state index contributed by atoms with van der Waals surface area (Å²) in [5.41, 5.74) is 0.511. The first-order valence-electron chi connectivity index (χ1n) is 3.90. The maximum Gasteiger partial charge on any atom is 1.00 e. The number of aldehydes is 1. The Morgan fingerprint density at radius 1 is 1.38 bits per heavy atom. The van der Waals surface area contributed by atoms with Gasteiger partial charge in [-0.1, -0.05) is 0 Å². The van der Waals surface area contributed by atoms with E-state index in [1.54, 1.807) is 0 Å². The van der Waals surface area contributed by atoms with E-state index in [-0.39, 0.29) is 35.1 Å². The fourth-order valence-corrected chi connectivity index (χ4v) is 1.84. The summed E-state index contributed by atoms with van der Waals surface area (Å²) < 4.78 is 32.3. The van der Waals surface area contributed by atoms with Crippen LogP contribution >= 0.6 is 0 Å². The van der Waals surface area contributed by atoms with Gasteiger partial charge in [0.2, 0.25) is 0 Å². The Balaban J connectivity index is 0.00000128. The Hall–Kier alpha value is -0.730. The average Bonchev–Trinajstić information content (AvgIpc) is 2.62. The van der Waals surface area contributed by atoms with Crippen LogP contribution in [-0.2, 0) is 10.1 Å². The van der Waals surface area contributed by atoms with Crippen LogP contribution in [0.2, 0.25) is 0 Å². The molecule has 0 radical (unpaired) electrons. The average molecular weight is 248 g/mol. The molecule has 0 aliphatic heterocycles. The molecule has 0 aliphatic rings. The fraction of sp³-hybridized carbons (Fsp3) is 0. The Kier molecular flexibility index (Phi) is 3.87. The number of carbonyl (C=O) groups excluding carboxylic acids is 1. The minimum atomic E-state index is -4.56. The Labute approximate surface area is 113 Å². The second-order valence-electron chi connectivity index (χ2n) is 2.92. The molecule has 0 unspecified atom stereocenters. The van der Waals surface area contributed by atoms with E-state index in [1.165, 1.54) is 12.3 Å². The van der Waals surface area contributed by atoms with Gasteiger partial charge in [0.1, 0.15) is 10.1 Å². The number of carbonyl (C=O) groups is 1. The van der Waals surface area contributed by atoms with Gasteiger partial charge >= 0.3 is 29.6 Å². The molecule has 1 heterocycles. The molecular weight excluding hydrogens is 243 g/mol. The SMILES string of the molecule is O=Cc1cc(S(=O)(=O)[O-])cc2cn[nH]c12.[Na+]. The maximum atomic E-state index is 10.8. The van der Waals surface area contributed by atoms with Gasteiger partial charge < -0.3 is 4.55 Å². The van der Waals surface area contributed by atoms with Gasteiger partial charge in [-0.3, -0.25) is 9.89 Å². The van der Waals surface area contributed by atoms with Crippen LogP contribution in [0.4, 0.5) is 0 Å². The minimum Gasteiger partial charge on any atom is -0.744 e. The molecule has 78 valence electrons. The maximum absolute atomic E-state index is 10.8. The molecule has 16 heavy (non-hydrogen) atoms. The summed E-state index contributed by atoms with van der Waals surface area (Å²) in [5, 5.41) is 6.60. The van der Waals surface area contributed by atoms with E-state index in [2.05, 4.69) is 10.2 Å². The van der Waals surface area contributed by atoms with E-state index in [1.807, 2.05) is 0 Å². The quantitative estimate of drug-likeness (QED) is 0.353. The van der Waals surface area contributed by atoms with Crippen molar-refractivity contribution in [3.63, 3.8) is 0 Å². The molecule has 0 bridgehead atoms. The molecule has 8 heteroatoms. The molecule has 2 aromatic rings. The van der Waals surface area contributed by atoms with Gasteiger partial charge in [0.15, 0.2) is 6.29 Å². The molecule has 2 rings (SSSR count). The number of aromatic nitrogens is 2. The molecule has 1 aromatic heterocycles. The van der Waals surface area contributed by atoms with Crippen LogP contribution in [0.25, 0.3) is 10.9 Å². The zero-order chi connectivity index (χ0) is 11.1. The van der Waals surface area contributed by atoms with Crippen LogP contribution in [0, 0.1) is 0 Å². The Morgan fingerprint density at radius 2 is 2.06 bits per heavy atom. The fourth-order valence-electron chi connectivity index (χ4n) is 1.29. The summed E-state index contributed by atoms with van der Waals surface area (Å²) in [4.78, 5) is 10.2. The van der Waals surface area contributed by atoms with Crippen LogP contribution < -0.4 is 29.6 Å². The van der Waals surface area contributed by atoms with Crippen molar-refractivity contribution in [2.45, 2.75) is 4.90 Å². The minimum absolute atomic E-state index is 0. The van der Waals surface area contributed by atoms with Gasteiger partial charge in [-0.2, -0.15) is 5.10 Å². The first kappa shape index (κ1) is 13.3. The summed E-state index contributed by atoms with van der Waals surface area (Å²) in [5.74, 6) is 0. The molecule has 0 atom stereocenters. The molecule has 0 spiro atoms. The number of nitrogens with one attached hydrogen (secondary N) is 1. The zero-order valence-corrected chi connectivity index (χ0v) is 11.1. The standard InChI is InChI=1S/C8H6N2O4S.Na/c11-4-6-2-7(15(12,13)14)1-5-3-9-10-8(5)6;/h1-4H,(H,9,10)(H,12,13,14);/q;+1/p-1. The summed E-state index contributed by atoms with van der Waals surface area (Å²) in [7, 11) is -4.56. The zero-order valence-electron chi connectivity index (χ0n) is 8.30. The topological polar surface area (TPSA) is 103 Å². The van der Waals surface area contributed by atoms with Gasteiger partial charge in [-0.25, -0.2) is 8.42 Å². The molecule has 1 N–H and O–H groups in total. The normalized spacial score (nSPS) is 11.1. The second-order valence-corrected chi connectivity index (χ2v) is 4.30. The third-order valence-corrected chi connectivity index (χ3v) is 2.78. The third kappa shape index (κ3) is 2.33.